The van der Waals surface area contributed by atoms with Gasteiger partial charge >= 0.3 is 6.18 Å². The minimum absolute atomic E-state index is 0.118. The lowest BCUT2D eigenvalue weighted by molar-refractivity contribution is -0.139. The topological polar surface area (TPSA) is 86.8 Å². The Kier molecular flexibility index (Phi) is 10.9. The molecule has 0 saturated heterocycles. The number of anilines is 1. The Morgan fingerprint density at radius 3 is 2.17 bits per heavy atom. The molecule has 0 aliphatic heterocycles. The van der Waals surface area contributed by atoms with Crippen molar-refractivity contribution in [2.24, 2.45) is 5.92 Å². The zero-order chi connectivity index (χ0) is 31.2. The third kappa shape index (κ3) is 8.39. The number of benzene rings is 3. The van der Waals surface area contributed by atoms with E-state index in [0.717, 1.165) is 17.0 Å². The molecular formula is C29H30Cl2F3N3O4S. The van der Waals surface area contributed by atoms with Crippen molar-refractivity contribution >= 4 is 50.7 Å². The van der Waals surface area contributed by atoms with Gasteiger partial charge in [-0.2, -0.15) is 13.2 Å². The van der Waals surface area contributed by atoms with E-state index in [2.05, 4.69) is 5.32 Å². The molecule has 2 amide bonds. The summed E-state index contributed by atoms with van der Waals surface area (Å²) in [6.45, 7) is 4.55. The van der Waals surface area contributed by atoms with Gasteiger partial charge in [0.15, 0.2) is 0 Å². The molecule has 226 valence electrons. The van der Waals surface area contributed by atoms with Crippen molar-refractivity contribution in [1.29, 1.82) is 0 Å². The molecule has 1 unspecified atom stereocenters. The molecule has 3 aromatic carbocycles. The number of hydrogen-bond acceptors (Lipinski definition) is 4. The monoisotopic (exact) mass is 643 g/mol. The molecule has 0 aliphatic rings. The normalized spacial score (nSPS) is 12.6. The number of nitrogens with zero attached hydrogens (tertiary/aromatic N) is 2. The number of halogens is 5. The first-order valence-electron chi connectivity index (χ1n) is 12.9. The van der Waals surface area contributed by atoms with Crippen molar-refractivity contribution < 1.29 is 31.2 Å². The molecule has 1 N–H and O–H groups in total. The predicted molar refractivity (Wildman–Crippen MR) is 157 cm³/mol. The first-order valence-corrected chi connectivity index (χ1v) is 15.1. The summed E-state index contributed by atoms with van der Waals surface area (Å²) in [4.78, 5) is 27.8. The largest absolute Gasteiger partial charge is 0.416 e. The molecular weight excluding hydrogens is 614 g/mol. The lowest BCUT2D eigenvalue weighted by Crippen LogP contribution is -2.51. The quantitative estimate of drug-likeness (QED) is 0.262. The molecule has 0 aromatic heterocycles. The molecule has 0 saturated carbocycles. The zero-order valence-corrected chi connectivity index (χ0v) is 25.4. The maximum Gasteiger partial charge on any atom is 0.416 e. The number of nitrogens with one attached hydrogen (secondary N) is 1. The van der Waals surface area contributed by atoms with Crippen LogP contribution in [0.15, 0.2) is 77.7 Å². The van der Waals surface area contributed by atoms with Crippen LogP contribution in [0.3, 0.4) is 0 Å². The van der Waals surface area contributed by atoms with E-state index in [0.29, 0.717) is 22.5 Å². The molecule has 0 fully saturated rings. The van der Waals surface area contributed by atoms with Gasteiger partial charge < -0.3 is 10.2 Å². The third-order valence-corrected chi connectivity index (χ3v) is 8.79. The molecule has 42 heavy (non-hydrogen) atoms. The number of alkyl halides is 3. The smallest absolute Gasteiger partial charge is 0.354 e. The van der Waals surface area contributed by atoms with Crippen LogP contribution in [0, 0.1) is 5.92 Å². The summed E-state index contributed by atoms with van der Waals surface area (Å²) in [5, 5.41) is 3.23. The van der Waals surface area contributed by atoms with Crippen molar-refractivity contribution in [3.05, 3.63) is 94.0 Å². The average molecular weight is 645 g/mol. The average Bonchev–Trinajstić information content (AvgIpc) is 2.94. The molecule has 0 spiro atoms. The van der Waals surface area contributed by atoms with Crippen LogP contribution in [0.25, 0.3) is 0 Å². The molecule has 0 aliphatic carbocycles. The molecule has 0 bridgehead atoms. The van der Waals surface area contributed by atoms with Crippen LogP contribution in [0.4, 0.5) is 18.9 Å². The van der Waals surface area contributed by atoms with Gasteiger partial charge in [-0.1, -0.05) is 67.4 Å². The molecule has 7 nitrogen and oxygen atoms in total. The second-order valence-corrected chi connectivity index (χ2v) is 12.6. The van der Waals surface area contributed by atoms with Crippen LogP contribution in [0.5, 0.6) is 0 Å². The first-order chi connectivity index (χ1) is 19.6. The summed E-state index contributed by atoms with van der Waals surface area (Å²) in [5.41, 5.74) is -0.957. The van der Waals surface area contributed by atoms with E-state index in [4.69, 9.17) is 23.2 Å². The SMILES string of the molecule is CC(C)CNC(=O)C(C)N(Cc1ccc(Cl)c(Cl)c1)C(=O)CN(c1cccc(C(F)(F)F)c1)S(=O)(=O)c1ccccc1. The molecule has 1 atom stereocenters. The number of amides is 2. The number of hydrogen-bond donors (Lipinski definition) is 1. The fourth-order valence-electron chi connectivity index (χ4n) is 3.96. The van der Waals surface area contributed by atoms with Gasteiger partial charge in [0.05, 0.1) is 26.2 Å². The highest BCUT2D eigenvalue weighted by Crippen LogP contribution is 2.33. The minimum Gasteiger partial charge on any atom is -0.354 e. The van der Waals surface area contributed by atoms with Crippen molar-refractivity contribution in [3.8, 4) is 0 Å². The van der Waals surface area contributed by atoms with E-state index in [1.54, 1.807) is 12.1 Å². The van der Waals surface area contributed by atoms with Crippen LogP contribution < -0.4 is 9.62 Å². The van der Waals surface area contributed by atoms with Gasteiger partial charge in [-0.15, -0.1) is 0 Å². The van der Waals surface area contributed by atoms with Gasteiger partial charge in [-0.05, 0) is 60.9 Å². The molecule has 0 heterocycles. The van der Waals surface area contributed by atoms with E-state index in [1.807, 2.05) is 13.8 Å². The van der Waals surface area contributed by atoms with Crippen molar-refractivity contribution in [2.45, 2.75) is 44.4 Å². The second kappa shape index (κ2) is 13.8. The van der Waals surface area contributed by atoms with Gasteiger partial charge in [-0.3, -0.25) is 13.9 Å². The highest BCUT2D eigenvalue weighted by Gasteiger charge is 2.35. The third-order valence-electron chi connectivity index (χ3n) is 6.26. The fourth-order valence-corrected chi connectivity index (χ4v) is 5.70. The van der Waals surface area contributed by atoms with Gasteiger partial charge in [-0.25, -0.2) is 8.42 Å². The van der Waals surface area contributed by atoms with Gasteiger partial charge in [0.25, 0.3) is 10.0 Å². The number of rotatable bonds is 11. The Bertz CT molecular complexity index is 1520. The number of carbonyl (C=O) groups excluding carboxylic acids is 2. The lowest BCUT2D eigenvalue weighted by atomic mass is 10.1. The Morgan fingerprint density at radius 1 is 0.905 bits per heavy atom. The van der Waals surface area contributed by atoms with E-state index in [-0.39, 0.29) is 33.1 Å². The summed E-state index contributed by atoms with van der Waals surface area (Å²) >= 11 is 12.2. The number of sulfonamides is 1. The summed E-state index contributed by atoms with van der Waals surface area (Å²) < 4.78 is 68.8. The van der Waals surface area contributed by atoms with Crippen molar-refractivity contribution in [1.82, 2.24) is 10.2 Å². The molecule has 0 radical (unpaired) electrons. The minimum atomic E-state index is -4.76. The Morgan fingerprint density at radius 2 is 1.57 bits per heavy atom. The molecule has 3 aromatic rings. The fraction of sp³-hybridized carbons (Fsp3) is 0.310. The standard InChI is InChI=1S/C29H30Cl2F3N3O4S/c1-19(2)16-35-28(39)20(3)36(17-21-12-13-25(30)26(31)14-21)27(38)18-37(42(40,41)24-10-5-4-6-11-24)23-9-7-8-22(15-23)29(32,33)34/h4-15,19-20H,16-18H2,1-3H3,(H,35,39). The maximum absolute atomic E-state index is 13.9. The van der Waals surface area contributed by atoms with Crippen LogP contribution in [-0.4, -0.2) is 44.3 Å². The number of carbonyl (C=O) groups is 2. The molecule has 13 heteroatoms. The zero-order valence-electron chi connectivity index (χ0n) is 23.0. The Labute approximate surface area is 253 Å². The Balaban J connectivity index is 2.07. The first kappa shape index (κ1) is 33.2. The Hall–Kier alpha value is -3.28. The lowest BCUT2D eigenvalue weighted by Gasteiger charge is -2.32. The van der Waals surface area contributed by atoms with Crippen LogP contribution >= 0.6 is 23.2 Å². The highest BCUT2D eigenvalue weighted by molar-refractivity contribution is 7.92. The maximum atomic E-state index is 13.9. The van der Waals surface area contributed by atoms with E-state index >= 15 is 0 Å². The highest BCUT2D eigenvalue weighted by atomic mass is 35.5. The molecule has 3 rings (SSSR count). The van der Waals surface area contributed by atoms with Crippen LogP contribution in [0.2, 0.25) is 10.0 Å². The van der Waals surface area contributed by atoms with Gasteiger partial charge in [0.1, 0.15) is 12.6 Å². The van der Waals surface area contributed by atoms with Crippen LogP contribution in [0.1, 0.15) is 31.9 Å². The summed E-state index contributed by atoms with van der Waals surface area (Å²) in [7, 11) is -4.52. The van der Waals surface area contributed by atoms with E-state index in [1.165, 1.54) is 49.4 Å². The predicted octanol–water partition coefficient (Wildman–Crippen LogP) is 6.40. The van der Waals surface area contributed by atoms with E-state index < -0.39 is 46.2 Å². The van der Waals surface area contributed by atoms with Gasteiger partial charge in [0, 0.05) is 13.1 Å². The summed E-state index contributed by atoms with van der Waals surface area (Å²) in [6.07, 6.45) is -4.76. The summed E-state index contributed by atoms with van der Waals surface area (Å²) in [6, 6.07) is 14.3. The van der Waals surface area contributed by atoms with Crippen molar-refractivity contribution in [2.75, 3.05) is 17.4 Å². The van der Waals surface area contributed by atoms with Crippen molar-refractivity contribution in [3.63, 3.8) is 0 Å². The summed E-state index contributed by atoms with van der Waals surface area (Å²) in [5.74, 6) is -1.20. The second-order valence-electron chi connectivity index (χ2n) is 9.96. The van der Waals surface area contributed by atoms with E-state index in [9.17, 15) is 31.2 Å². The van der Waals surface area contributed by atoms with Crippen LogP contribution in [-0.2, 0) is 32.3 Å². The van der Waals surface area contributed by atoms with Gasteiger partial charge in [0.2, 0.25) is 11.8 Å².